The Bertz CT molecular complexity index is 708. The third kappa shape index (κ3) is 4.71. The van der Waals surface area contributed by atoms with Crippen molar-refractivity contribution in [1.82, 2.24) is 5.32 Å². The number of carbonyl (C=O) groups excluding carboxylic acids is 1. The van der Waals surface area contributed by atoms with Gasteiger partial charge in [-0.25, -0.2) is 4.39 Å². The van der Waals surface area contributed by atoms with E-state index >= 15 is 0 Å². The number of anilines is 1. The quantitative estimate of drug-likeness (QED) is 0.877. The summed E-state index contributed by atoms with van der Waals surface area (Å²) in [6.07, 6.45) is 1.82. The zero-order valence-corrected chi connectivity index (χ0v) is 14.8. The van der Waals surface area contributed by atoms with Gasteiger partial charge >= 0.3 is 0 Å². The van der Waals surface area contributed by atoms with Crippen LogP contribution in [-0.4, -0.2) is 25.0 Å². The molecule has 0 spiro atoms. The highest BCUT2D eigenvalue weighted by atomic mass is 35.5. The van der Waals surface area contributed by atoms with E-state index in [-0.39, 0.29) is 30.2 Å². The van der Waals surface area contributed by atoms with Crippen molar-refractivity contribution in [3.8, 4) is 0 Å². The molecule has 1 atom stereocenters. The Labute approximate surface area is 153 Å². The van der Waals surface area contributed by atoms with E-state index in [2.05, 4.69) is 5.32 Å². The molecule has 0 bridgehead atoms. The molecular weight excluding hydrogens is 341 g/mol. The molecule has 1 fully saturated rings. The van der Waals surface area contributed by atoms with E-state index in [1.165, 1.54) is 6.07 Å². The number of nitrogens with one attached hydrogen (secondary N) is 1. The van der Waals surface area contributed by atoms with Gasteiger partial charge in [0.15, 0.2) is 0 Å². The lowest BCUT2D eigenvalue weighted by Gasteiger charge is -2.35. The molecule has 0 radical (unpaired) electrons. The summed E-state index contributed by atoms with van der Waals surface area (Å²) in [4.78, 5) is 14.4. The average molecular weight is 364 g/mol. The molecule has 2 aromatic rings. The Morgan fingerprint density at radius 1 is 1.20 bits per heavy atom. The van der Waals surface area contributed by atoms with Crippen LogP contribution in [0.5, 0.6) is 0 Å². The lowest BCUT2D eigenvalue weighted by molar-refractivity contribution is 0.0933. The Kier molecular flexibility index (Phi) is 6.79. The number of halogens is 2. The van der Waals surface area contributed by atoms with Crippen molar-refractivity contribution in [3.63, 3.8) is 0 Å². The van der Waals surface area contributed by atoms with E-state index in [4.69, 9.17) is 5.73 Å². The summed E-state index contributed by atoms with van der Waals surface area (Å²) in [5, 5.41) is 3.06. The van der Waals surface area contributed by atoms with Gasteiger partial charge in [0.05, 0.1) is 5.69 Å². The smallest absolute Gasteiger partial charge is 0.251 e. The van der Waals surface area contributed by atoms with Crippen LogP contribution in [0.15, 0.2) is 48.5 Å². The zero-order chi connectivity index (χ0) is 16.9. The maximum absolute atomic E-state index is 14.0. The van der Waals surface area contributed by atoms with Crippen molar-refractivity contribution >= 4 is 24.0 Å². The number of piperidine rings is 1. The Morgan fingerprint density at radius 2 is 1.92 bits per heavy atom. The fourth-order valence-corrected chi connectivity index (χ4v) is 3.08. The molecule has 1 aliphatic rings. The van der Waals surface area contributed by atoms with E-state index < -0.39 is 0 Å². The van der Waals surface area contributed by atoms with Gasteiger partial charge in [-0.3, -0.25) is 4.79 Å². The first-order valence-electron chi connectivity index (χ1n) is 8.26. The van der Waals surface area contributed by atoms with Gasteiger partial charge < -0.3 is 16.0 Å². The largest absolute Gasteiger partial charge is 0.367 e. The summed E-state index contributed by atoms with van der Waals surface area (Å²) >= 11 is 0. The number of nitrogens with two attached hydrogens (primary N) is 1. The van der Waals surface area contributed by atoms with Crippen LogP contribution in [0.1, 0.15) is 28.8 Å². The zero-order valence-electron chi connectivity index (χ0n) is 14.0. The second-order valence-electron chi connectivity index (χ2n) is 6.11. The first-order valence-corrected chi connectivity index (χ1v) is 8.26. The van der Waals surface area contributed by atoms with Crippen molar-refractivity contribution in [2.45, 2.75) is 25.4 Å². The van der Waals surface area contributed by atoms with Gasteiger partial charge in [0.2, 0.25) is 0 Å². The Balaban J connectivity index is 0.00000225. The van der Waals surface area contributed by atoms with Crippen molar-refractivity contribution in [1.29, 1.82) is 0 Å². The van der Waals surface area contributed by atoms with Gasteiger partial charge in [0.25, 0.3) is 5.91 Å². The molecule has 0 saturated carbocycles. The van der Waals surface area contributed by atoms with Crippen molar-refractivity contribution in [2.75, 3.05) is 18.0 Å². The molecule has 134 valence electrons. The maximum Gasteiger partial charge on any atom is 0.251 e. The maximum atomic E-state index is 14.0. The predicted molar refractivity (Wildman–Crippen MR) is 101 cm³/mol. The number of amides is 1. The topological polar surface area (TPSA) is 58.4 Å². The van der Waals surface area contributed by atoms with Gasteiger partial charge in [0, 0.05) is 31.2 Å². The minimum atomic E-state index is -0.221. The Morgan fingerprint density at radius 3 is 2.60 bits per heavy atom. The molecule has 0 aliphatic carbocycles. The molecule has 4 nitrogen and oxygen atoms in total. The van der Waals surface area contributed by atoms with Crippen molar-refractivity contribution in [3.05, 3.63) is 65.5 Å². The number of rotatable bonds is 4. The summed E-state index contributed by atoms with van der Waals surface area (Å²) in [7, 11) is 0. The van der Waals surface area contributed by atoms with Crippen LogP contribution in [0.3, 0.4) is 0 Å². The third-order valence-electron chi connectivity index (χ3n) is 4.40. The number of carbonyl (C=O) groups is 1. The average Bonchev–Trinajstić information content (AvgIpc) is 2.62. The van der Waals surface area contributed by atoms with Crippen molar-refractivity contribution < 1.29 is 9.18 Å². The fraction of sp³-hybridized carbons (Fsp3) is 0.316. The molecule has 2 aromatic carbocycles. The summed E-state index contributed by atoms with van der Waals surface area (Å²) in [5.41, 5.74) is 7.79. The molecule has 1 heterocycles. The number of hydrogen-bond donors (Lipinski definition) is 2. The van der Waals surface area contributed by atoms with E-state index in [9.17, 15) is 9.18 Å². The second kappa shape index (κ2) is 8.83. The third-order valence-corrected chi connectivity index (χ3v) is 4.40. The van der Waals surface area contributed by atoms with Crippen LogP contribution in [0.4, 0.5) is 10.1 Å². The highest BCUT2D eigenvalue weighted by Crippen LogP contribution is 2.23. The van der Waals surface area contributed by atoms with Crippen LogP contribution in [-0.2, 0) is 6.54 Å². The van der Waals surface area contributed by atoms with E-state index in [0.717, 1.165) is 24.9 Å². The summed E-state index contributed by atoms with van der Waals surface area (Å²) in [6, 6.07) is 14.1. The van der Waals surface area contributed by atoms with Gasteiger partial charge in [-0.15, -0.1) is 12.4 Å². The van der Waals surface area contributed by atoms with Gasteiger partial charge in [-0.05, 0) is 42.7 Å². The Hall–Kier alpha value is -2.11. The summed E-state index contributed by atoms with van der Waals surface area (Å²) in [5.74, 6) is -0.319. The minimum Gasteiger partial charge on any atom is -0.367 e. The highest BCUT2D eigenvalue weighted by Gasteiger charge is 2.23. The molecule has 3 rings (SSSR count). The second-order valence-corrected chi connectivity index (χ2v) is 6.11. The molecule has 0 aromatic heterocycles. The normalized spacial score (nSPS) is 16.9. The van der Waals surface area contributed by atoms with E-state index in [0.29, 0.717) is 24.3 Å². The van der Waals surface area contributed by atoms with Gasteiger partial charge in [-0.2, -0.15) is 0 Å². The number of para-hydroxylation sites is 1. The standard InChI is InChI=1S/C19H22FN3O.ClH/c20-17-5-1-2-6-18(17)23-11-3-4-16(13-23)22-19(24)15-9-7-14(12-21)8-10-15;/h1-2,5-10,16H,3-4,11-13,21H2,(H,22,24);1H. The summed E-state index contributed by atoms with van der Waals surface area (Å²) in [6.45, 7) is 1.88. The number of hydrogen-bond acceptors (Lipinski definition) is 3. The molecule has 1 aliphatic heterocycles. The lowest BCUT2D eigenvalue weighted by Crippen LogP contribution is -2.48. The van der Waals surface area contributed by atoms with E-state index in [1.54, 1.807) is 24.3 Å². The van der Waals surface area contributed by atoms with Crippen LogP contribution in [0.2, 0.25) is 0 Å². The number of nitrogens with zero attached hydrogens (tertiary/aromatic N) is 1. The van der Waals surface area contributed by atoms with Crippen LogP contribution in [0.25, 0.3) is 0 Å². The molecular formula is C19H23ClFN3O. The van der Waals surface area contributed by atoms with Gasteiger partial charge in [-0.1, -0.05) is 24.3 Å². The van der Waals surface area contributed by atoms with Crippen LogP contribution in [0, 0.1) is 5.82 Å². The van der Waals surface area contributed by atoms with Crippen molar-refractivity contribution in [2.24, 2.45) is 5.73 Å². The number of benzene rings is 2. The molecule has 6 heteroatoms. The highest BCUT2D eigenvalue weighted by molar-refractivity contribution is 5.94. The predicted octanol–water partition coefficient (Wildman–Crippen LogP) is 3.11. The first-order chi connectivity index (χ1) is 11.7. The molecule has 1 unspecified atom stereocenters. The first kappa shape index (κ1) is 19.2. The summed E-state index contributed by atoms with van der Waals surface area (Å²) < 4.78 is 14.0. The SMILES string of the molecule is Cl.NCc1ccc(C(=O)NC2CCCN(c3ccccc3F)C2)cc1. The van der Waals surface area contributed by atoms with Gasteiger partial charge in [0.1, 0.15) is 5.82 Å². The molecule has 3 N–H and O–H groups in total. The molecule has 1 amide bonds. The fourth-order valence-electron chi connectivity index (χ4n) is 3.08. The van der Waals surface area contributed by atoms with Crippen LogP contribution >= 0.6 is 12.4 Å². The van der Waals surface area contributed by atoms with E-state index in [1.807, 2.05) is 23.1 Å². The molecule has 25 heavy (non-hydrogen) atoms. The lowest BCUT2D eigenvalue weighted by atomic mass is 10.0. The minimum absolute atomic E-state index is 0. The molecule has 1 saturated heterocycles. The van der Waals surface area contributed by atoms with Crippen LogP contribution < -0.4 is 16.0 Å². The monoisotopic (exact) mass is 363 g/mol.